The average Bonchev–Trinajstić information content (AvgIpc) is 3.11. The molecule has 4 rings (SSSR count). The van der Waals surface area contributed by atoms with E-state index in [1.807, 2.05) is 0 Å². The third-order valence-corrected chi connectivity index (χ3v) is 9.93. The van der Waals surface area contributed by atoms with Gasteiger partial charge >= 0.3 is 0 Å². The largest absolute Gasteiger partial charge is 0.368 e. The van der Waals surface area contributed by atoms with Crippen LogP contribution < -0.4 is 16.4 Å². The van der Waals surface area contributed by atoms with Gasteiger partial charge in [0.25, 0.3) is 0 Å². The van der Waals surface area contributed by atoms with Crippen LogP contribution in [0.25, 0.3) is 0 Å². The molecule has 3 saturated heterocycles. The first-order valence-corrected chi connectivity index (χ1v) is 14.2. The van der Waals surface area contributed by atoms with E-state index in [0.717, 1.165) is 39.3 Å². The van der Waals surface area contributed by atoms with Crippen molar-refractivity contribution in [2.75, 3.05) is 51.6 Å². The Morgan fingerprint density at radius 1 is 1.18 bits per heavy atom. The summed E-state index contributed by atoms with van der Waals surface area (Å²) in [7, 11) is 0. The molecule has 1 saturated carbocycles. The molecule has 0 aromatic carbocycles. The molecule has 33 heavy (non-hydrogen) atoms. The highest BCUT2D eigenvalue weighted by Gasteiger charge is 2.47. The van der Waals surface area contributed by atoms with Crippen molar-refractivity contribution in [2.24, 2.45) is 23.0 Å². The number of carbonyl (C=O) groups is 1. The van der Waals surface area contributed by atoms with E-state index in [2.05, 4.69) is 59.9 Å². The van der Waals surface area contributed by atoms with Crippen molar-refractivity contribution in [3.63, 3.8) is 0 Å². The van der Waals surface area contributed by atoms with Crippen molar-refractivity contribution in [2.45, 2.75) is 83.0 Å². The molecule has 0 aromatic heterocycles. The van der Waals surface area contributed by atoms with E-state index in [0.29, 0.717) is 40.8 Å². The molecule has 3 heterocycles. The molecule has 1 aliphatic carbocycles. The minimum Gasteiger partial charge on any atom is -0.368 e. The Morgan fingerprint density at radius 2 is 2.00 bits per heavy atom. The number of primary amides is 1. The van der Waals surface area contributed by atoms with E-state index in [4.69, 9.17) is 10.5 Å². The van der Waals surface area contributed by atoms with Gasteiger partial charge in [0.2, 0.25) is 5.91 Å². The van der Waals surface area contributed by atoms with Gasteiger partial charge in [-0.3, -0.25) is 15.0 Å². The van der Waals surface area contributed by atoms with E-state index in [1.165, 1.54) is 31.4 Å². The molecule has 4 fully saturated rings. The summed E-state index contributed by atoms with van der Waals surface area (Å²) in [5.74, 6) is 2.00. The maximum atomic E-state index is 11.5. The normalized spacial score (nSPS) is 39.2. The third kappa shape index (κ3) is 6.44. The van der Waals surface area contributed by atoms with Crippen molar-refractivity contribution < 1.29 is 9.53 Å². The van der Waals surface area contributed by atoms with Crippen LogP contribution in [0.4, 0.5) is 0 Å². The molecule has 4 N–H and O–H groups in total. The topological polar surface area (TPSA) is 82.9 Å². The highest BCUT2D eigenvalue weighted by Crippen LogP contribution is 2.39. The summed E-state index contributed by atoms with van der Waals surface area (Å²) < 4.78 is 6.21. The van der Waals surface area contributed by atoms with Gasteiger partial charge in [0, 0.05) is 37.5 Å². The lowest BCUT2D eigenvalue weighted by Gasteiger charge is -2.52. The Labute approximate surface area is 205 Å². The van der Waals surface area contributed by atoms with Gasteiger partial charge in [-0.15, -0.1) is 11.8 Å². The minimum absolute atomic E-state index is 0.0306. The average molecular weight is 482 g/mol. The summed E-state index contributed by atoms with van der Waals surface area (Å²) in [5, 5.41) is 8.28. The zero-order valence-electron chi connectivity index (χ0n) is 21.2. The van der Waals surface area contributed by atoms with Crippen molar-refractivity contribution >= 4 is 17.7 Å². The summed E-state index contributed by atoms with van der Waals surface area (Å²) in [4.78, 5) is 16.9. The number of nitrogens with zero attached hydrogens (tertiary/aromatic N) is 2. The number of ether oxygens (including phenoxy) is 1. The molecular formula is C25H47N5O2S. The highest BCUT2D eigenvalue weighted by atomic mass is 32.2. The van der Waals surface area contributed by atoms with Crippen LogP contribution in [-0.4, -0.2) is 96.9 Å². The first-order valence-electron chi connectivity index (χ1n) is 13.2. The van der Waals surface area contributed by atoms with Gasteiger partial charge in [0.15, 0.2) is 0 Å². The van der Waals surface area contributed by atoms with Gasteiger partial charge < -0.3 is 20.7 Å². The lowest BCUT2D eigenvalue weighted by atomic mass is 9.70. The van der Waals surface area contributed by atoms with Gasteiger partial charge in [-0.25, -0.2) is 0 Å². The predicted octanol–water partition coefficient (Wildman–Crippen LogP) is 1.72. The second-order valence-electron chi connectivity index (χ2n) is 12.0. The molecular weight excluding hydrogens is 434 g/mol. The van der Waals surface area contributed by atoms with Gasteiger partial charge in [-0.2, -0.15) is 0 Å². The summed E-state index contributed by atoms with van der Waals surface area (Å²) in [6.45, 7) is 16.0. The molecule has 4 aliphatic rings. The molecule has 8 heteroatoms. The number of nitrogens with two attached hydrogens (primary N) is 1. The molecule has 3 aliphatic heterocycles. The second kappa shape index (κ2) is 11.1. The number of thioether (sulfide) groups is 1. The fourth-order valence-electron chi connectivity index (χ4n) is 6.58. The summed E-state index contributed by atoms with van der Waals surface area (Å²) >= 11 is 2.08. The smallest absolute Gasteiger partial charge is 0.243 e. The van der Waals surface area contributed by atoms with Gasteiger partial charge in [0.1, 0.15) is 6.61 Å². The van der Waals surface area contributed by atoms with E-state index in [1.54, 1.807) is 0 Å². The summed E-state index contributed by atoms with van der Waals surface area (Å²) in [5.41, 5.74) is 5.76. The van der Waals surface area contributed by atoms with Crippen LogP contribution in [0.15, 0.2) is 0 Å². The quantitative estimate of drug-likeness (QED) is 0.533. The van der Waals surface area contributed by atoms with Crippen LogP contribution in [0.2, 0.25) is 0 Å². The Hall–Kier alpha value is -0.380. The lowest BCUT2D eigenvalue weighted by molar-refractivity contribution is -0.134. The fraction of sp³-hybridized carbons (Fsp3) is 0.960. The number of rotatable bonds is 6. The molecule has 7 atom stereocenters. The molecule has 0 spiro atoms. The fourth-order valence-corrected chi connectivity index (χ4v) is 8.00. The van der Waals surface area contributed by atoms with Crippen molar-refractivity contribution in [3.8, 4) is 0 Å². The van der Waals surface area contributed by atoms with Crippen LogP contribution in [0.1, 0.15) is 53.4 Å². The summed E-state index contributed by atoms with van der Waals surface area (Å²) in [6, 6.07) is 1.36. The van der Waals surface area contributed by atoms with Crippen LogP contribution in [0.3, 0.4) is 0 Å². The van der Waals surface area contributed by atoms with Crippen molar-refractivity contribution in [1.82, 2.24) is 20.4 Å². The second-order valence-corrected chi connectivity index (χ2v) is 13.1. The Morgan fingerprint density at radius 3 is 2.73 bits per heavy atom. The van der Waals surface area contributed by atoms with E-state index in [9.17, 15) is 4.79 Å². The third-order valence-electron chi connectivity index (χ3n) is 8.16. The van der Waals surface area contributed by atoms with Crippen LogP contribution in [0, 0.1) is 17.3 Å². The highest BCUT2D eigenvalue weighted by molar-refractivity contribution is 8.00. The van der Waals surface area contributed by atoms with Crippen molar-refractivity contribution in [3.05, 3.63) is 0 Å². The number of amides is 1. The van der Waals surface area contributed by atoms with Gasteiger partial charge in [-0.1, -0.05) is 27.7 Å². The molecule has 7 unspecified atom stereocenters. The maximum Gasteiger partial charge on any atom is 0.243 e. The Balaban J connectivity index is 1.39. The minimum atomic E-state index is -0.364. The first-order chi connectivity index (χ1) is 15.7. The van der Waals surface area contributed by atoms with E-state index < -0.39 is 0 Å². The SMILES string of the molecule is CC1CC2CCCNC2C(N2CCCN(CC3CSC(C(C)(C)C)N3)CC2)C1OCC(N)=O. The Kier molecular flexibility index (Phi) is 8.67. The van der Waals surface area contributed by atoms with E-state index in [-0.39, 0.29) is 18.6 Å². The molecule has 7 nitrogen and oxygen atoms in total. The number of fused-ring (bicyclic) bond motifs is 1. The van der Waals surface area contributed by atoms with Crippen LogP contribution >= 0.6 is 11.8 Å². The molecule has 0 radical (unpaired) electrons. The molecule has 1 amide bonds. The lowest BCUT2D eigenvalue weighted by Crippen LogP contribution is -2.66. The zero-order valence-corrected chi connectivity index (χ0v) is 22.0. The number of carbonyl (C=O) groups excluding carboxylic acids is 1. The number of hydrogen-bond acceptors (Lipinski definition) is 7. The number of piperidine rings is 1. The Bertz CT molecular complexity index is 659. The van der Waals surface area contributed by atoms with Gasteiger partial charge in [0.05, 0.1) is 17.5 Å². The predicted molar refractivity (Wildman–Crippen MR) is 136 cm³/mol. The molecule has 0 bridgehead atoms. The zero-order chi connectivity index (χ0) is 23.6. The number of nitrogens with one attached hydrogen (secondary N) is 2. The first kappa shape index (κ1) is 25.7. The van der Waals surface area contributed by atoms with Gasteiger partial charge in [-0.05, 0) is 62.6 Å². The van der Waals surface area contributed by atoms with Crippen LogP contribution in [-0.2, 0) is 9.53 Å². The van der Waals surface area contributed by atoms with E-state index >= 15 is 0 Å². The number of hydrogen-bond donors (Lipinski definition) is 3. The van der Waals surface area contributed by atoms with Crippen LogP contribution in [0.5, 0.6) is 0 Å². The molecule has 0 aromatic rings. The standard InChI is InChI=1S/C25H47N5O2S/c1-17-13-18-7-5-8-27-21(18)22(23(17)32-15-20(26)31)30-10-6-9-29(11-12-30)14-19-16-33-24(28-19)25(2,3)4/h17-19,21-24,27-28H,5-16H2,1-4H3,(H2,26,31). The molecule has 190 valence electrons. The summed E-state index contributed by atoms with van der Waals surface area (Å²) in [6.07, 6.45) is 5.01. The monoisotopic (exact) mass is 481 g/mol. The van der Waals surface area contributed by atoms with Crippen molar-refractivity contribution in [1.29, 1.82) is 0 Å². The maximum absolute atomic E-state index is 11.5.